The maximum absolute atomic E-state index is 13.6. The molecule has 3 aromatic rings. The monoisotopic (exact) mass is 605 g/mol. The van der Waals surface area contributed by atoms with E-state index in [0.29, 0.717) is 30.1 Å². The lowest BCUT2D eigenvalue weighted by Gasteiger charge is -2.18. The van der Waals surface area contributed by atoms with Gasteiger partial charge in [-0.1, -0.05) is 6.07 Å². The number of rotatable bonds is 9. The molecule has 1 atom stereocenters. The topological polar surface area (TPSA) is 116 Å². The van der Waals surface area contributed by atoms with Gasteiger partial charge < -0.3 is 18.8 Å². The molecule has 0 spiro atoms. The molecule has 0 saturated carbocycles. The second-order valence-electron chi connectivity index (χ2n) is 8.35. The van der Waals surface area contributed by atoms with Gasteiger partial charge in [0.25, 0.3) is 11.8 Å². The van der Waals surface area contributed by atoms with Gasteiger partial charge in [-0.05, 0) is 48.4 Å². The van der Waals surface area contributed by atoms with Crippen molar-refractivity contribution in [1.82, 2.24) is 20.4 Å². The molecule has 0 bridgehead atoms. The highest BCUT2D eigenvalue weighted by Gasteiger charge is 2.25. The fourth-order valence-corrected chi connectivity index (χ4v) is 3.55. The van der Waals surface area contributed by atoms with Crippen molar-refractivity contribution in [3.05, 3.63) is 95.7 Å². The number of amides is 2. The number of alkyl halides is 1. The number of hydrazine groups is 1. The number of carbonyl (C=O) groups excluding carboxylic acids is 2. The van der Waals surface area contributed by atoms with Crippen LogP contribution in [0.2, 0.25) is 0 Å². The quantitative estimate of drug-likeness (QED) is 0.162. The summed E-state index contributed by atoms with van der Waals surface area (Å²) in [5.74, 6) is -5.80. The lowest BCUT2D eigenvalue weighted by molar-refractivity contribution is -0.136. The van der Waals surface area contributed by atoms with Gasteiger partial charge in [0.2, 0.25) is 0 Å². The van der Waals surface area contributed by atoms with Crippen LogP contribution < -0.4 is 15.6 Å². The van der Waals surface area contributed by atoms with Crippen molar-refractivity contribution in [2.75, 3.05) is 26.2 Å². The van der Waals surface area contributed by atoms with Crippen molar-refractivity contribution in [1.29, 1.82) is 0 Å². The van der Waals surface area contributed by atoms with Gasteiger partial charge in [-0.3, -0.25) is 25.4 Å². The van der Waals surface area contributed by atoms with Crippen molar-refractivity contribution >= 4 is 35.7 Å². The zero-order chi connectivity index (χ0) is 30.5. The smallest absolute Gasteiger partial charge is 0.272 e. The molecule has 0 aliphatic carbocycles. The molecule has 1 unspecified atom stereocenters. The summed E-state index contributed by atoms with van der Waals surface area (Å²) < 4.78 is 57.7. The van der Waals surface area contributed by atoms with Crippen LogP contribution in [0.5, 0.6) is 5.75 Å². The average molecular weight is 606 g/mol. The van der Waals surface area contributed by atoms with E-state index < -0.39 is 35.4 Å². The number of halogens is 4. The van der Waals surface area contributed by atoms with Gasteiger partial charge in [0.1, 0.15) is 18.6 Å². The van der Waals surface area contributed by atoms with E-state index >= 15 is 0 Å². The number of nitrogens with zero attached hydrogens (tertiary/aromatic N) is 3. The summed E-state index contributed by atoms with van der Waals surface area (Å²) in [6, 6.07) is 6.50. The number of aromatic nitrogens is 2. The molecule has 0 saturated heterocycles. The van der Waals surface area contributed by atoms with Crippen LogP contribution in [0.4, 0.5) is 13.2 Å². The molecule has 10 nitrogen and oxygen atoms in total. The number of hydrogen-bond donors (Lipinski definition) is 2. The Labute approximate surface area is 244 Å². The number of hydrogen-bond acceptors (Lipinski definition) is 7. The first-order chi connectivity index (χ1) is 20.2. The van der Waals surface area contributed by atoms with Gasteiger partial charge in [0, 0.05) is 24.4 Å². The summed E-state index contributed by atoms with van der Waals surface area (Å²) in [4.78, 5) is 32.6. The van der Waals surface area contributed by atoms with Gasteiger partial charge in [-0.25, -0.2) is 18.2 Å². The van der Waals surface area contributed by atoms with Crippen LogP contribution in [0.3, 0.4) is 0 Å². The summed E-state index contributed by atoms with van der Waals surface area (Å²) in [7, 11) is 1.51. The molecule has 2 aromatic carbocycles. The first-order valence-corrected chi connectivity index (χ1v) is 12.8. The number of nitrogens with one attached hydrogen (secondary N) is 2. The Balaban J connectivity index is 0.000000715. The third kappa shape index (κ3) is 9.21. The normalized spacial score (nSPS) is 12.7. The van der Waals surface area contributed by atoms with Crippen molar-refractivity contribution < 1.29 is 37.0 Å². The van der Waals surface area contributed by atoms with Crippen molar-refractivity contribution in [2.24, 2.45) is 4.99 Å². The maximum Gasteiger partial charge on any atom is 0.272 e. The second kappa shape index (κ2) is 16.0. The summed E-state index contributed by atoms with van der Waals surface area (Å²) in [6.45, 7) is 2.33. The number of aliphatic imine (C=N–C) groups is 1. The maximum atomic E-state index is 13.6. The number of aryl methyl sites for hydroxylation is 1. The van der Waals surface area contributed by atoms with E-state index in [4.69, 9.17) is 25.8 Å². The summed E-state index contributed by atoms with van der Waals surface area (Å²) in [6.07, 6.45) is 9.46. The minimum atomic E-state index is -1.68. The summed E-state index contributed by atoms with van der Waals surface area (Å²) >= 11 is 5.56. The van der Waals surface area contributed by atoms with E-state index in [-0.39, 0.29) is 18.1 Å². The molecule has 1 aliphatic rings. The van der Waals surface area contributed by atoms with Crippen molar-refractivity contribution in [2.45, 2.75) is 13.0 Å². The average Bonchev–Trinajstić information content (AvgIpc) is 3.44. The Hall–Kier alpha value is -4.62. The number of methoxy groups -OCH3 is 1. The lowest BCUT2D eigenvalue weighted by Crippen LogP contribution is -2.44. The highest BCUT2D eigenvalue weighted by atomic mass is 35.5. The zero-order valence-electron chi connectivity index (χ0n) is 22.5. The van der Waals surface area contributed by atoms with Gasteiger partial charge in [-0.2, -0.15) is 0 Å². The van der Waals surface area contributed by atoms with Crippen LogP contribution in [-0.4, -0.2) is 53.8 Å². The van der Waals surface area contributed by atoms with Crippen LogP contribution in [0.1, 0.15) is 22.9 Å². The van der Waals surface area contributed by atoms with E-state index in [0.717, 1.165) is 17.5 Å². The van der Waals surface area contributed by atoms with Crippen LogP contribution in [0.15, 0.2) is 66.4 Å². The largest absolute Gasteiger partial charge is 0.495 e. The third-order valence-corrected chi connectivity index (χ3v) is 5.51. The van der Waals surface area contributed by atoms with Crippen molar-refractivity contribution in [3.8, 4) is 11.4 Å². The zero-order valence-corrected chi connectivity index (χ0v) is 23.3. The van der Waals surface area contributed by atoms with Crippen LogP contribution in [-0.2, 0) is 19.1 Å². The SMILES string of the molecule is C1=COCC=N1.COc1cc(/C=C/C(=O)NNC(=O)C(OCCCl)c2cc(F)c(F)c(F)c2)ccc1-n1cnc(C)c1. The van der Waals surface area contributed by atoms with Gasteiger partial charge in [-0.15, -0.1) is 11.6 Å². The molecule has 2 amide bonds. The Bertz CT molecular complexity index is 1440. The standard InChI is InChI=1S/C24H22ClF3N4O4.C4H5NO/c1-14-12-32(13-29-14)19-5-3-15(9-20(19)35-2)4-6-21(33)30-31-24(34)23(36-8-7-25)16-10-17(26)22(28)18(27)11-16;1-3-6-4-2-5-1/h3-6,9-13,23H,7-8H2,1-2H3,(H,30,33)(H,31,34);1-3H,4H2/b6-4+;. The molecular formula is C28H27ClF3N5O5. The first-order valence-electron chi connectivity index (χ1n) is 12.3. The van der Waals surface area contributed by atoms with E-state index in [1.54, 1.807) is 47.8 Å². The minimum Gasteiger partial charge on any atom is -0.495 e. The number of benzene rings is 2. The molecule has 0 radical (unpaired) electrons. The molecule has 2 N–H and O–H groups in total. The molecule has 222 valence electrons. The predicted molar refractivity (Wildman–Crippen MR) is 149 cm³/mol. The van der Waals surface area contributed by atoms with E-state index in [2.05, 4.69) is 20.8 Å². The molecule has 42 heavy (non-hydrogen) atoms. The van der Waals surface area contributed by atoms with Crippen LogP contribution >= 0.6 is 11.6 Å². The Kier molecular flexibility index (Phi) is 12.1. The molecule has 0 fully saturated rings. The third-order valence-electron chi connectivity index (χ3n) is 5.36. The molecule has 4 rings (SSSR count). The first kappa shape index (κ1) is 31.9. The minimum absolute atomic E-state index is 0.0201. The molecule has 14 heteroatoms. The number of imidazole rings is 1. The van der Waals surface area contributed by atoms with Gasteiger partial charge in [0.05, 0.1) is 37.6 Å². The van der Waals surface area contributed by atoms with Crippen LogP contribution in [0.25, 0.3) is 11.8 Å². The van der Waals surface area contributed by atoms with Gasteiger partial charge in [0.15, 0.2) is 23.6 Å². The van der Waals surface area contributed by atoms with E-state index in [9.17, 15) is 22.8 Å². The number of ether oxygens (including phenoxy) is 3. The number of carbonyl (C=O) groups is 2. The molecule has 1 aromatic heterocycles. The fraction of sp³-hybridized carbons (Fsp3) is 0.214. The Morgan fingerprint density at radius 3 is 2.50 bits per heavy atom. The molecule has 2 heterocycles. The highest BCUT2D eigenvalue weighted by molar-refractivity contribution is 6.18. The second-order valence-corrected chi connectivity index (χ2v) is 8.73. The Morgan fingerprint density at radius 2 is 1.95 bits per heavy atom. The van der Waals surface area contributed by atoms with E-state index in [1.807, 2.05) is 13.1 Å². The van der Waals surface area contributed by atoms with Crippen LogP contribution in [0, 0.1) is 24.4 Å². The Morgan fingerprint density at radius 1 is 1.19 bits per heavy atom. The summed E-state index contributed by atoms with van der Waals surface area (Å²) in [5, 5.41) is 0. The highest BCUT2D eigenvalue weighted by Crippen LogP contribution is 2.25. The van der Waals surface area contributed by atoms with E-state index in [1.165, 1.54) is 13.2 Å². The summed E-state index contributed by atoms with van der Waals surface area (Å²) in [5.41, 5.74) is 6.18. The predicted octanol–water partition coefficient (Wildman–Crippen LogP) is 4.32. The van der Waals surface area contributed by atoms with Crippen molar-refractivity contribution in [3.63, 3.8) is 0 Å². The lowest BCUT2D eigenvalue weighted by atomic mass is 10.1. The van der Waals surface area contributed by atoms with Gasteiger partial charge >= 0.3 is 0 Å². The molecular weight excluding hydrogens is 579 g/mol. The fourth-order valence-electron chi connectivity index (χ4n) is 3.46. The molecule has 1 aliphatic heterocycles.